The lowest BCUT2D eigenvalue weighted by Gasteiger charge is -2.49. The van der Waals surface area contributed by atoms with Gasteiger partial charge in [-0.2, -0.15) is 0 Å². The smallest absolute Gasteiger partial charge is 0.331 e. The predicted molar refractivity (Wildman–Crippen MR) is 126 cm³/mol. The number of aromatic nitrogens is 2. The minimum atomic E-state index is -1.68. The molecule has 2 atom stereocenters. The summed E-state index contributed by atoms with van der Waals surface area (Å²) in [4.78, 5) is 60.9. The lowest BCUT2D eigenvalue weighted by molar-refractivity contribution is -0.153. The molecule has 1 aromatic carbocycles. The zero-order valence-corrected chi connectivity index (χ0v) is 19.4. The van der Waals surface area contributed by atoms with Crippen molar-refractivity contribution >= 4 is 40.9 Å². The van der Waals surface area contributed by atoms with E-state index in [0.717, 1.165) is 4.90 Å². The fourth-order valence-electron chi connectivity index (χ4n) is 4.98. The van der Waals surface area contributed by atoms with Gasteiger partial charge in [0.25, 0.3) is 5.56 Å². The molecule has 34 heavy (non-hydrogen) atoms. The largest absolute Gasteiger partial charge is 0.352 e. The van der Waals surface area contributed by atoms with Crippen molar-refractivity contribution in [3.05, 3.63) is 75.2 Å². The summed E-state index contributed by atoms with van der Waals surface area (Å²) in [5.41, 5.74) is -0.717. The van der Waals surface area contributed by atoms with E-state index in [1.165, 1.54) is 4.40 Å². The van der Waals surface area contributed by atoms with E-state index in [-0.39, 0.29) is 24.1 Å². The molecule has 174 valence electrons. The van der Waals surface area contributed by atoms with Gasteiger partial charge in [0, 0.05) is 24.2 Å². The second-order valence-electron chi connectivity index (χ2n) is 8.50. The molecule has 3 aromatic rings. The SMILES string of the molecule is CCN1c2nc3ccccn3c(=O)c2CC2(C(=O)NC(=O)N(Cc3ccccc3Cl)C2=O)C1C. The number of halogens is 1. The molecule has 0 bridgehead atoms. The quantitative estimate of drug-likeness (QED) is 0.578. The average Bonchev–Trinajstić information content (AvgIpc) is 2.82. The minimum absolute atomic E-state index is 0.0972. The Morgan fingerprint density at radius 1 is 1.12 bits per heavy atom. The molecule has 9 nitrogen and oxygen atoms in total. The topological polar surface area (TPSA) is 104 Å². The molecular formula is C24H22ClN5O4. The van der Waals surface area contributed by atoms with Crippen molar-refractivity contribution in [2.45, 2.75) is 32.9 Å². The second kappa shape index (κ2) is 7.95. The maximum atomic E-state index is 13.9. The third-order valence-electron chi connectivity index (χ3n) is 6.84. The predicted octanol–water partition coefficient (Wildman–Crippen LogP) is 2.38. The van der Waals surface area contributed by atoms with Gasteiger partial charge in [0.2, 0.25) is 11.8 Å². The Kier molecular flexibility index (Phi) is 5.16. The highest BCUT2D eigenvalue weighted by Crippen LogP contribution is 2.43. The van der Waals surface area contributed by atoms with Crippen LogP contribution in [0, 0.1) is 5.41 Å². The van der Waals surface area contributed by atoms with Gasteiger partial charge in [0.05, 0.1) is 18.2 Å². The van der Waals surface area contributed by atoms with Gasteiger partial charge in [0.15, 0.2) is 5.41 Å². The monoisotopic (exact) mass is 479 g/mol. The molecule has 4 amide bonds. The first kappa shape index (κ1) is 22.1. The number of barbiturate groups is 1. The number of hydrogen-bond acceptors (Lipinski definition) is 6. The number of carbonyl (C=O) groups is 3. The van der Waals surface area contributed by atoms with Gasteiger partial charge in [-0.25, -0.2) is 9.78 Å². The first-order valence-corrected chi connectivity index (χ1v) is 11.3. The molecule has 2 aliphatic heterocycles. The molecule has 2 aromatic heterocycles. The van der Waals surface area contributed by atoms with Crippen LogP contribution in [0.5, 0.6) is 0 Å². The van der Waals surface area contributed by atoms with Crippen LogP contribution in [0.4, 0.5) is 10.6 Å². The highest BCUT2D eigenvalue weighted by atomic mass is 35.5. The van der Waals surface area contributed by atoms with Crippen molar-refractivity contribution in [2.24, 2.45) is 5.41 Å². The molecule has 4 heterocycles. The molecule has 0 aliphatic carbocycles. The second-order valence-corrected chi connectivity index (χ2v) is 8.91. The molecule has 2 unspecified atom stereocenters. The number of carbonyl (C=O) groups excluding carboxylic acids is 3. The molecular weight excluding hydrogens is 458 g/mol. The van der Waals surface area contributed by atoms with Crippen LogP contribution in [0.3, 0.4) is 0 Å². The molecule has 1 N–H and O–H groups in total. The van der Waals surface area contributed by atoms with Crippen LogP contribution < -0.4 is 15.8 Å². The van der Waals surface area contributed by atoms with Crippen LogP contribution in [-0.2, 0) is 22.6 Å². The van der Waals surface area contributed by atoms with Gasteiger partial charge >= 0.3 is 6.03 Å². The van der Waals surface area contributed by atoms with Gasteiger partial charge < -0.3 is 4.90 Å². The number of nitrogens with one attached hydrogen (secondary N) is 1. The minimum Gasteiger partial charge on any atom is -0.352 e. The Labute approximate surface area is 199 Å². The molecule has 1 spiro atoms. The number of hydrogen-bond donors (Lipinski definition) is 1. The Morgan fingerprint density at radius 3 is 2.59 bits per heavy atom. The van der Waals surface area contributed by atoms with E-state index in [2.05, 4.69) is 10.3 Å². The van der Waals surface area contributed by atoms with Gasteiger partial charge in [-0.3, -0.25) is 29.0 Å². The summed E-state index contributed by atoms with van der Waals surface area (Å²) in [6, 6.07) is 10.6. The molecule has 2 aliphatic rings. The summed E-state index contributed by atoms with van der Waals surface area (Å²) in [5.74, 6) is -0.922. The summed E-state index contributed by atoms with van der Waals surface area (Å²) in [7, 11) is 0. The van der Waals surface area contributed by atoms with E-state index in [9.17, 15) is 19.2 Å². The number of nitrogens with zero attached hydrogens (tertiary/aromatic N) is 4. The molecule has 5 rings (SSSR count). The molecule has 1 saturated heterocycles. The van der Waals surface area contributed by atoms with Crippen molar-refractivity contribution in [1.29, 1.82) is 0 Å². The van der Waals surface area contributed by atoms with E-state index < -0.39 is 29.3 Å². The number of benzene rings is 1. The number of amides is 4. The lowest BCUT2D eigenvalue weighted by atomic mass is 9.69. The van der Waals surface area contributed by atoms with Crippen molar-refractivity contribution in [2.75, 3.05) is 11.4 Å². The van der Waals surface area contributed by atoms with Crippen LogP contribution in [-0.4, -0.2) is 44.7 Å². The van der Waals surface area contributed by atoms with Crippen molar-refractivity contribution in [3.8, 4) is 0 Å². The van der Waals surface area contributed by atoms with E-state index in [1.807, 2.05) is 6.92 Å². The van der Waals surface area contributed by atoms with E-state index in [1.54, 1.807) is 60.5 Å². The number of pyridine rings is 1. The van der Waals surface area contributed by atoms with Gasteiger partial charge in [-0.15, -0.1) is 0 Å². The lowest BCUT2D eigenvalue weighted by Crippen LogP contribution is -2.71. The summed E-state index contributed by atoms with van der Waals surface area (Å²) in [6.45, 7) is 3.93. The van der Waals surface area contributed by atoms with E-state index in [0.29, 0.717) is 28.6 Å². The highest BCUT2D eigenvalue weighted by molar-refractivity contribution is 6.31. The fraction of sp³-hybridized carbons (Fsp3) is 0.292. The van der Waals surface area contributed by atoms with Crippen LogP contribution in [0.15, 0.2) is 53.5 Å². The standard InChI is InChI=1S/C24H22ClN5O4/c1-3-28-14(2)24(12-16-19(28)26-18-10-6-7-11-29(18)20(16)31)21(32)27-23(34)30(22(24)33)13-15-8-4-5-9-17(15)25/h4-11,14H,3,12-13H2,1-2H3,(H,27,32,34). The average molecular weight is 480 g/mol. The molecule has 0 saturated carbocycles. The van der Waals surface area contributed by atoms with Crippen LogP contribution in [0.25, 0.3) is 5.65 Å². The van der Waals surface area contributed by atoms with Crippen molar-refractivity contribution in [3.63, 3.8) is 0 Å². The van der Waals surface area contributed by atoms with E-state index >= 15 is 0 Å². The van der Waals surface area contributed by atoms with E-state index in [4.69, 9.17) is 11.6 Å². The Hall–Kier alpha value is -3.72. The number of imide groups is 2. The zero-order chi connectivity index (χ0) is 24.2. The number of rotatable bonds is 3. The number of urea groups is 1. The number of anilines is 1. The van der Waals surface area contributed by atoms with Crippen molar-refractivity contribution in [1.82, 2.24) is 19.6 Å². The first-order chi connectivity index (χ1) is 16.3. The fourth-order valence-corrected chi connectivity index (χ4v) is 5.17. The Balaban J connectivity index is 1.66. The summed E-state index contributed by atoms with van der Waals surface area (Å²) in [6.07, 6.45) is 1.43. The summed E-state index contributed by atoms with van der Waals surface area (Å²) in [5, 5.41) is 2.75. The molecule has 10 heteroatoms. The zero-order valence-electron chi connectivity index (χ0n) is 18.6. The molecule has 0 radical (unpaired) electrons. The number of fused-ring (bicyclic) bond motifs is 2. The maximum Gasteiger partial charge on any atom is 0.331 e. The van der Waals surface area contributed by atoms with Gasteiger partial charge in [-0.1, -0.05) is 35.9 Å². The van der Waals surface area contributed by atoms with Crippen LogP contribution in [0.2, 0.25) is 5.02 Å². The third kappa shape index (κ3) is 3.03. The Bertz CT molecular complexity index is 1420. The summed E-state index contributed by atoms with van der Waals surface area (Å²) >= 11 is 6.27. The first-order valence-electron chi connectivity index (χ1n) is 11.0. The van der Waals surface area contributed by atoms with Crippen LogP contribution in [0.1, 0.15) is 25.0 Å². The van der Waals surface area contributed by atoms with Gasteiger partial charge in [-0.05, 0) is 37.6 Å². The van der Waals surface area contributed by atoms with Gasteiger partial charge in [0.1, 0.15) is 11.5 Å². The highest BCUT2D eigenvalue weighted by Gasteiger charge is 2.61. The summed E-state index contributed by atoms with van der Waals surface area (Å²) < 4.78 is 1.40. The van der Waals surface area contributed by atoms with Crippen LogP contribution >= 0.6 is 11.6 Å². The normalized spacial score (nSPS) is 22.3. The maximum absolute atomic E-state index is 13.9. The Morgan fingerprint density at radius 2 is 1.85 bits per heavy atom. The third-order valence-corrected chi connectivity index (χ3v) is 7.21. The molecule has 1 fully saturated rings. The van der Waals surface area contributed by atoms with Crippen molar-refractivity contribution < 1.29 is 14.4 Å².